The van der Waals surface area contributed by atoms with Gasteiger partial charge in [0.2, 0.25) is 0 Å². The number of rotatable bonds is 10. The molecule has 2 heteroatoms. The second kappa shape index (κ2) is 15.0. The zero-order valence-corrected chi connectivity index (χ0v) is 29.9. The summed E-state index contributed by atoms with van der Waals surface area (Å²) in [6.07, 6.45) is 29.0. The van der Waals surface area contributed by atoms with Crippen molar-refractivity contribution in [2.24, 2.45) is 5.92 Å². The van der Waals surface area contributed by atoms with Crippen LogP contribution in [0, 0.1) is 19.8 Å². The van der Waals surface area contributed by atoms with E-state index in [-0.39, 0.29) is 6.04 Å². The number of anilines is 3. The van der Waals surface area contributed by atoms with Crippen molar-refractivity contribution in [3.8, 4) is 11.1 Å². The second-order valence-electron chi connectivity index (χ2n) is 13.5. The maximum atomic E-state index is 2.56. The number of benzene rings is 4. The van der Waals surface area contributed by atoms with Crippen molar-refractivity contribution >= 4 is 28.8 Å². The fourth-order valence-electron chi connectivity index (χ4n) is 7.82. The minimum Gasteiger partial charge on any atom is -0.334 e. The van der Waals surface area contributed by atoms with Gasteiger partial charge in [-0.2, -0.15) is 0 Å². The minimum absolute atomic E-state index is 0.228. The molecule has 0 N–H and O–H groups in total. The Morgan fingerprint density at radius 2 is 1.52 bits per heavy atom. The van der Waals surface area contributed by atoms with E-state index in [0.29, 0.717) is 5.92 Å². The summed E-state index contributed by atoms with van der Waals surface area (Å²) in [6.45, 7) is 8.89. The Hall–Kier alpha value is -5.34. The first kappa shape index (κ1) is 33.2. The zero-order valence-electron chi connectivity index (χ0n) is 29.9. The number of hydrogen-bond acceptors (Lipinski definition) is 2. The first-order valence-corrected chi connectivity index (χ1v) is 18.3. The number of aryl methyl sites for hydroxylation is 2. The number of allylic oxidation sites excluding steroid dienone is 10. The van der Waals surface area contributed by atoms with Crippen LogP contribution >= 0.6 is 0 Å². The molecule has 3 aliphatic carbocycles. The summed E-state index contributed by atoms with van der Waals surface area (Å²) in [7, 11) is 0. The molecule has 250 valence electrons. The third-order valence-electron chi connectivity index (χ3n) is 10.3. The fraction of sp³-hybridized carbons (Fsp3) is 0.208. The summed E-state index contributed by atoms with van der Waals surface area (Å²) in [5.41, 5.74) is 12.8. The lowest BCUT2D eigenvalue weighted by molar-refractivity contribution is 0.697. The fourth-order valence-corrected chi connectivity index (χ4v) is 7.82. The van der Waals surface area contributed by atoms with Crippen molar-refractivity contribution in [3.05, 3.63) is 185 Å². The highest BCUT2D eigenvalue weighted by atomic mass is 15.2. The summed E-state index contributed by atoms with van der Waals surface area (Å²) in [5, 5.41) is 2.64. The number of hydrogen-bond donors (Lipinski definition) is 0. The van der Waals surface area contributed by atoms with Gasteiger partial charge in [-0.05, 0) is 122 Å². The summed E-state index contributed by atoms with van der Waals surface area (Å²) in [6, 6.07) is 33.9. The van der Waals surface area contributed by atoms with E-state index in [1.165, 1.54) is 66.7 Å². The number of fused-ring (bicyclic) bond motifs is 2. The molecule has 7 rings (SSSR count). The van der Waals surface area contributed by atoms with E-state index in [9.17, 15) is 0 Å². The van der Waals surface area contributed by atoms with Crippen molar-refractivity contribution < 1.29 is 0 Å². The average molecular weight is 653 g/mol. The van der Waals surface area contributed by atoms with Crippen molar-refractivity contribution in [1.29, 1.82) is 0 Å². The molecule has 0 saturated heterocycles. The molecule has 4 aromatic rings. The first-order chi connectivity index (χ1) is 24.6. The van der Waals surface area contributed by atoms with Crippen LogP contribution in [0.4, 0.5) is 17.1 Å². The molecule has 0 saturated carbocycles. The van der Waals surface area contributed by atoms with Gasteiger partial charge >= 0.3 is 0 Å². The maximum absolute atomic E-state index is 2.56. The predicted molar refractivity (Wildman–Crippen MR) is 216 cm³/mol. The van der Waals surface area contributed by atoms with Gasteiger partial charge in [0.25, 0.3) is 0 Å². The minimum atomic E-state index is 0.228. The number of para-hydroxylation sites is 1. The van der Waals surface area contributed by atoms with Gasteiger partial charge in [0.05, 0.1) is 6.04 Å². The molecule has 0 radical (unpaired) electrons. The third kappa shape index (κ3) is 6.63. The highest BCUT2D eigenvalue weighted by Crippen LogP contribution is 2.40. The molecule has 0 heterocycles. The predicted octanol–water partition coefficient (Wildman–Crippen LogP) is 11.2. The highest BCUT2D eigenvalue weighted by molar-refractivity contribution is 5.84. The monoisotopic (exact) mass is 652 g/mol. The van der Waals surface area contributed by atoms with Gasteiger partial charge in [0.1, 0.15) is 0 Å². The van der Waals surface area contributed by atoms with Gasteiger partial charge in [-0.1, -0.05) is 122 Å². The quantitative estimate of drug-likeness (QED) is 0.157. The maximum Gasteiger partial charge on any atom is 0.0522 e. The number of nitrogens with zero attached hydrogens (tertiary/aromatic N) is 2. The Bertz CT molecular complexity index is 2170. The molecule has 2 unspecified atom stereocenters. The van der Waals surface area contributed by atoms with Crippen molar-refractivity contribution in [3.63, 3.8) is 0 Å². The van der Waals surface area contributed by atoms with Crippen LogP contribution in [0.1, 0.15) is 50.7 Å². The molecule has 0 spiro atoms. The van der Waals surface area contributed by atoms with Crippen LogP contribution in [0.2, 0.25) is 0 Å². The lowest BCUT2D eigenvalue weighted by atomic mass is 9.85. The second-order valence-corrected chi connectivity index (χ2v) is 13.5. The molecular formula is C48H48N2. The van der Waals surface area contributed by atoms with Gasteiger partial charge in [0.15, 0.2) is 0 Å². The molecule has 2 atom stereocenters. The zero-order chi connectivity index (χ0) is 34.5. The Labute approximate surface area is 298 Å². The lowest BCUT2D eigenvalue weighted by Crippen LogP contribution is -2.34. The van der Waals surface area contributed by atoms with Crippen LogP contribution in [0.3, 0.4) is 0 Å². The van der Waals surface area contributed by atoms with E-state index < -0.39 is 0 Å². The molecule has 4 aromatic carbocycles. The molecular weight excluding hydrogens is 605 g/mol. The van der Waals surface area contributed by atoms with Crippen molar-refractivity contribution in [2.75, 3.05) is 9.80 Å². The van der Waals surface area contributed by atoms with Crippen LogP contribution in [-0.4, -0.2) is 6.04 Å². The van der Waals surface area contributed by atoms with E-state index in [1.807, 2.05) is 0 Å². The summed E-state index contributed by atoms with van der Waals surface area (Å²) in [5.74, 6) is 0.426. The molecule has 0 aromatic heterocycles. The summed E-state index contributed by atoms with van der Waals surface area (Å²) < 4.78 is 0. The van der Waals surface area contributed by atoms with E-state index in [2.05, 4.69) is 195 Å². The van der Waals surface area contributed by atoms with Crippen molar-refractivity contribution in [2.45, 2.75) is 59.4 Å². The van der Waals surface area contributed by atoms with Crippen molar-refractivity contribution in [1.82, 2.24) is 0 Å². The van der Waals surface area contributed by atoms with Crippen LogP contribution in [0.15, 0.2) is 163 Å². The van der Waals surface area contributed by atoms with Gasteiger partial charge in [-0.15, -0.1) is 0 Å². The van der Waals surface area contributed by atoms with Gasteiger partial charge in [-0.25, -0.2) is 0 Å². The highest BCUT2D eigenvalue weighted by Gasteiger charge is 2.26. The topological polar surface area (TPSA) is 6.48 Å². The van der Waals surface area contributed by atoms with Gasteiger partial charge < -0.3 is 9.80 Å². The van der Waals surface area contributed by atoms with Gasteiger partial charge in [-0.3, -0.25) is 0 Å². The molecule has 0 fully saturated rings. The molecule has 50 heavy (non-hydrogen) atoms. The van der Waals surface area contributed by atoms with Crippen LogP contribution < -0.4 is 20.2 Å². The van der Waals surface area contributed by atoms with E-state index in [1.54, 1.807) is 0 Å². The molecule has 3 aliphatic rings. The first-order valence-electron chi connectivity index (χ1n) is 18.3. The Morgan fingerprint density at radius 1 is 0.780 bits per heavy atom. The van der Waals surface area contributed by atoms with E-state index in [0.717, 1.165) is 25.7 Å². The van der Waals surface area contributed by atoms with Crippen LogP contribution in [0.5, 0.6) is 0 Å². The largest absolute Gasteiger partial charge is 0.334 e. The van der Waals surface area contributed by atoms with E-state index in [4.69, 9.17) is 0 Å². The van der Waals surface area contributed by atoms with Gasteiger partial charge in [0, 0.05) is 39.6 Å². The molecule has 0 aliphatic heterocycles. The summed E-state index contributed by atoms with van der Waals surface area (Å²) >= 11 is 0. The summed E-state index contributed by atoms with van der Waals surface area (Å²) in [4.78, 5) is 5.03. The van der Waals surface area contributed by atoms with Crippen LogP contribution in [-0.2, 0) is 0 Å². The third-order valence-corrected chi connectivity index (χ3v) is 10.3. The van der Waals surface area contributed by atoms with Crippen LogP contribution in [0.25, 0.3) is 22.9 Å². The Balaban J connectivity index is 1.29. The average Bonchev–Trinajstić information content (AvgIpc) is 3.15. The molecule has 2 nitrogen and oxygen atoms in total. The smallest absolute Gasteiger partial charge is 0.0522 e. The molecule has 0 bridgehead atoms. The Kier molecular flexibility index (Phi) is 9.98. The Morgan fingerprint density at radius 3 is 2.28 bits per heavy atom. The SMILES string of the molecule is C/C=C\C=C\C(CC)N(C1=C2C=CC=CC2CC=C1)c1ccc(-c2ccc(N(C3=c4ccccc4=CCC3)c3ccccc3)cc2C)c(C)c1. The normalized spacial score (nSPS) is 17.2. The molecule has 0 amide bonds. The standard InChI is InChI=1S/C48H48N2/c1-5-7-9-22-39(6-2)49(47-27-16-20-37-18-12-14-25-45(37)47)41-29-31-43(35(3)33-41)44-32-30-42(34-36(44)4)50(40-23-10-8-11-24-40)48-28-17-21-38-19-13-15-26-46(38)48/h5,7-16,18-19,21-27,29-34,37,39H,6,17,20,28H2,1-4H3/b7-5-,22-9+. The van der Waals surface area contributed by atoms with E-state index >= 15 is 0 Å². The lowest BCUT2D eigenvalue weighted by Gasteiger charge is -2.37.